The number of carbonyl (C=O) groups excluding carboxylic acids is 1. The van der Waals surface area contributed by atoms with Crippen LogP contribution in [0.25, 0.3) is 5.65 Å². The average molecular weight is 545 g/mol. The fourth-order valence-electron chi connectivity index (χ4n) is 5.51. The number of carbonyl (C=O) groups is 1. The number of nitrogens with one attached hydrogen (secondary N) is 1. The van der Waals surface area contributed by atoms with Gasteiger partial charge in [-0.05, 0) is 49.3 Å². The lowest BCUT2D eigenvalue weighted by atomic mass is 9.93. The second-order valence-electron chi connectivity index (χ2n) is 10.8. The molecular formula is C26H30F2N6O3S. The molecule has 2 aliphatic heterocycles. The van der Waals surface area contributed by atoms with Gasteiger partial charge in [-0.25, -0.2) is 22.2 Å². The molecule has 0 atom stereocenters. The average Bonchev–Trinajstić information content (AvgIpc) is 3.45. The maximum Gasteiger partial charge on any atom is 0.258 e. The van der Waals surface area contributed by atoms with Crippen molar-refractivity contribution in [2.45, 2.75) is 49.3 Å². The van der Waals surface area contributed by atoms with Gasteiger partial charge in [-0.15, -0.1) is 0 Å². The monoisotopic (exact) mass is 544 g/mol. The number of halogens is 2. The summed E-state index contributed by atoms with van der Waals surface area (Å²) in [6.07, 6.45) is 8.43. The first-order valence-corrected chi connectivity index (χ1v) is 14.8. The number of anilines is 3. The van der Waals surface area contributed by atoms with Gasteiger partial charge in [0, 0.05) is 63.7 Å². The molecule has 202 valence electrons. The lowest BCUT2D eigenvalue weighted by molar-refractivity contribution is -0.0222. The van der Waals surface area contributed by atoms with Crippen molar-refractivity contribution in [2.24, 2.45) is 5.41 Å². The van der Waals surface area contributed by atoms with Gasteiger partial charge in [0.1, 0.15) is 11.5 Å². The highest BCUT2D eigenvalue weighted by molar-refractivity contribution is 7.90. The number of benzene rings is 1. The molecule has 1 amide bonds. The molecule has 0 radical (unpaired) electrons. The van der Waals surface area contributed by atoms with E-state index in [1.54, 1.807) is 39.9 Å². The number of fused-ring (bicyclic) bond motifs is 1. The Labute approximate surface area is 219 Å². The van der Waals surface area contributed by atoms with Gasteiger partial charge in [0.2, 0.25) is 5.95 Å². The van der Waals surface area contributed by atoms with Crippen LogP contribution in [0.3, 0.4) is 0 Å². The highest BCUT2D eigenvalue weighted by atomic mass is 32.2. The van der Waals surface area contributed by atoms with E-state index in [4.69, 9.17) is 0 Å². The number of amides is 1. The third kappa shape index (κ3) is 4.81. The van der Waals surface area contributed by atoms with E-state index >= 15 is 0 Å². The van der Waals surface area contributed by atoms with Crippen LogP contribution in [0.2, 0.25) is 0 Å². The van der Waals surface area contributed by atoms with Crippen molar-refractivity contribution in [3.05, 3.63) is 42.2 Å². The van der Waals surface area contributed by atoms with Crippen molar-refractivity contribution in [1.82, 2.24) is 14.4 Å². The molecule has 1 aliphatic carbocycles. The fourth-order valence-corrected chi connectivity index (χ4v) is 6.15. The lowest BCUT2D eigenvalue weighted by Gasteiger charge is -2.35. The molecule has 1 spiro atoms. The second kappa shape index (κ2) is 8.89. The van der Waals surface area contributed by atoms with Crippen LogP contribution >= 0.6 is 0 Å². The van der Waals surface area contributed by atoms with E-state index in [0.717, 1.165) is 32.2 Å². The Morgan fingerprint density at radius 3 is 2.32 bits per heavy atom. The highest BCUT2D eigenvalue weighted by Gasteiger charge is 2.44. The van der Waals surface area contributed by atoms with Gasteiger partial charge in [0.25, 0.3) is 11.8 Å². The van der Waals surface area contributed by atoms with Crippen molar-refractivity contribution < 1.29 is 22.0 Å². The number of nitrogens with zero attached hydrogens (tertiary/aromatic N) is 5. The van der Waals surface area contributed by atoms with Crippen LogP contribution in [-0.2, 0) is 9.84 Å². The molecule has 38 heavy (non-hydrogen) atoms. The molecular weight excluding hydrogens is 514 g/mol. The summed E-state index contributed by atoms with van der Waals surface area (Å²) in [5.41, 5.74) is 1.89. The van der Waals surface area contributed by atoms with Gasteiger partial charge in [0.15, 0.2) is 9.84 Å². The van der Waals surface area contributed by atoms with Gasteiger partial charge in [-0.2, -0.15) is 4.98 Å². The summed E-state index contributed by atoms with van der Waals surface area (Å²) in [4.78, 5) is 26.5. The summed E-state index contributed by atoms with van der Waals surface area (Å²) in [6.45, 7) is 1.79. The van der Waals surface area contributed by atoms with Gasteiger partial charge in [0.05, 0.1) is 16.1 Å². The predicted molar refractivity (Wildman–Crippen MR) is 140 cm³/mol. The van der Waals surface area contributed by atoms with Crippen LogP contribution in [0.15, 0.2) is 41.6 Å². The summed E-state index contributed by atoms with van der Waals surface area (Å²) >= 11 is 0. The van der Waals surface area contributed by atoms with Crippen molar-refractivity contribution in [3.63, 3.8) is 0 Å². The number of hydrogen-bond acceptors (Lipinski definition) is 7. The van der Waals surface area contributed by atoms with Crippen LogP contribution in [-0.4, -0.2) is 67.1 Å². The topological polar surface area (TPSA) is 99.9 Å². The van der Waals surface area contributed by atoms with Gasteiger partial charge in [-0.1, -0.05) is 0 Å². The van der Waals surface area contributed by atoms with Crippen molar-refractivity contribution in [1.29, 1.82) is 0 Å². The molecule has 9 nitrogen and oxygen atoms in total. The van der Waals surface area contributed by atoms with Crippen LogP contribution in [0, 0.1) is 5.41 Å². The smallest absolute Gasteiger partial charge is 0.258 e. The molecule has 12 heteroatoms. The van der Waals surface area contributed by atoms with E-state index in [1.807, 2.05) is 0 Å². The van der Waals surface area contributed by atoms with E-state index in [1.165, 1.54) is 18.9 Å². The molecule has 0 unspecified atom stereocenters. The summed E-state index contributed by atoms with van der Waals surface area (Å²) in [7, 11) is -3.46. The third-order valence-corrected chi connectivity index (χ3v) is 9.26. The number of hydrogen-bond donors (Lipinski definition) is 1. The van der Waals surface area contributed by atoms with E-state index < -0.39 is 21.7 Å². The quantitative estimate of drug-likeness (QED) is 0.518. The second-order valence-corrected chi connectivity index (χ2v) is 12.8. The van der Waals surface area contributed by atoms with Gasteiger partial charge in [-0.3, -0.25) is 9.20 Å². The van der Waals surface area contributed by atoms with Gasteiger partial charge >= 0.3 is 0 Å². The number of piperidine rings is 2. The fraction of sp³-hybridized carbons (Fsp3) is 0.500. The zero-order valence-corrected chi connectivity index (χ0v) is 22.0. The SMILES string of the molecule is CS(=O)(=O)c1ccc(C(=O)Nc2cc3nccn3c(N3CCC(F)(F)CC3)n2)c(N2CCC3(CC2)CC3)c1. The Balaban J connectivity index is 1.31. The Hall–Kier alpha value is -3.28. The first kappa shape index (κ1) is 25.0. The van der Waals surface area contributed by atoms with Crippen molar-refractivity contribution in [3.8, 4) is 0 Å². The molecule has 1 saturated carbocycles. The molecule has 1 aromatic carbocycles. The Morgan fingerprint density at radius 2 is 1.66 bits per heavy atom. The maximum absolute atomic E-state index is 13.8. The summed E-state index contributed by atoms with van der Waals surface area (Å²) in [5.74, 6) is -2.44. The molecule has 4 heterocycles. The Morgan fingerprint density at radius 1 is 0.974 bits per heavy atom. The first-order chi connectivity index (χ1) is 18.0. The first-order valence-electron chi connectivity index (χ1n) is 12.9. The Bertz CT molecular complexity index is 1500. The standard InChI is InChI=1S/C26H30F2N6O3S/c1-38(36,37)18-2-3-19(20(16-18)32-11-6-25(4-5-25)7-12-32)23(35)30-21-17-22-29-10-15-34(22)24(31-21)33-13-8-26(27,28)9-14-33/h2-3,10,15-17H,4-9,11-14H2,1H3,(H,30,35). The minimum Gasteiger partial charge on any atom is -0.371 e. The zero-order chi connectivity index (χ0) is 26.7. The summed E-state index contributed by atoms with van der Waals surface area (Å²) < 4.78 is 53.8. The molecule has 2 aromatic heterocycles. The van der Waals surface area contributed by atoms with Crippen LogP contribution in [0.5, 0.6) is 0 Å². The van der Waals surface area contributed by atoms with E-state index in [-0.39, 0.29) is 36.6 Å². The number of alkyl halides is 2. The highest BCUT2D eigenvalue weighted by Crippen LogP contribution is 2.54. The molecule has 0 bridgehead atoms. The van der Waals surface area contributed by atoms with Crippen molar-refractivity contribution >= 4 is 38.8 Å². The molecule has 3 aromatic rings. The van der Waals surface area contributed by atoms with Crippen LogP contribution in [0.1, 0.15) is 48.9 Å². The largest absolute Gasteiger partial charge is 0.371 e. The number of sulfone groups is 1. The summed E-state index contributed by atoms with van der Waals surface area (Å²) in [5, 5.41) is 2.85. The van der Waals surface area contributed by atoms with E-state index in [9.17, 15) is 22.0 Å². The third-order valence-electron chi connectivity index (χ3n) is 8.15. The molecule has 2 saturated heterocycles. The minimum absolute atomic E-state index is 0.137. The number of imidazole rings is 1. The molecule has 6 rings (SSSR count). The molecule has 1 N–H and O–H groups in total. The van der Waals surface area contributed by atoms with Crippen LogP contribution in [0.4, 0.5) is 26.2 Å². The zero-order valence-electron chi connectivity index (χ0n) is 21.2. The van der Waals surface area contributed by atoms with Gasteiger partial charge < -0.3 is 15.1 Å². The predicted octanol–water partition coefficient (Wildman–Crippen LogP) is 4.00. The van der Waals surface area contributed by atoms with Crippen LogP contribution < -0.4 is 15.1 Å². The van der Waals surface area contributed by atoms with Crippen molar-refractivity contribution in [2.75, 3.05) is 47.6 Å². The number of rotatable bonds is 5. The normalized spacial score (nSPS) is 20.6. The maximum atomic E-state index is 13.8. The number of aromatic nitrogens is 3. The molecule has 3 aliphatic rings. The lowest BCUT2D eigenvalue weighted by Crippen LogP contribution is -2.40. The summed E-state index contributed by atoms with van der Waals surface area (Å²) in [6, 6.07) is 6.21. The van der Waals surface area contributed by atoms with E-state index in [0.29, 0.717) is 28.3 Å². The molecule has 3 fully saturated rings. The minimum atomic E-state index is -3.46. The Kier molecular flexibility index (Phi) is 5.85. The van der Waals surface area contributed by atoms with E-state index in [2.05, 4.69) is 20.2 Å².